The third-order valence-corrected chi connectivity index (χ3v) is 9.34. The number of anilines is 1. The number of ether oxygens (including phenoxy) is 1. The number of oxazole rings is 1. The molecule has 5 N–H and O–H groups in total. The van der Waals surface area contributed by atoms with Crippen LogP contribution < -0.4 is 15.8 Å². The lowest BCUT2D eigenvalue weighted by Gasteiger charge is -2.30. The fourth-order valence-corrected chi connectivity index (χ4v) is 7.04. The zero-order valence-corrected chi connectivity index (χ0v) is 26.5. The van der Waals surface area contributed by atoms with Gasteiger partial charge in [0.25, 0.3) is 11.9 Å². The molecule has 0 fully saturated rings. The molecule has 2 heterocycles. The van der Waals surface area contributed by atoms with Crippen LogP contribution in [0.5, 0.6) is 5.75 Å². The topological polar surface area (TPSA) is 177 Å². The van der Waals surface area contributed by atoms with Crippen LogP contribution in [0.2, 0.25) is 0 Å². The van der Waals surface area contributed by atoms with Crippen molar-refractivity contribution in [3.05, 3.63) is 77.6 Å². The fourth-order valence-electron chi connectivity index (χ4n) is 5.40. The summed E-state index contributed by atoms with van der Waals surface area (Å²) in [7, 11) is -4.08. The maximum atomic E-state index is 13.9. The van der Waals surface area contributed by atoms with Gasteiger partial charge in [-0.1, -0.05) is 44.2 Å². The number of sulfonamides is 1. The summed E-state index contributed by atoms with van der Waals surface area (Å²) in [4.78, 5) is 24.7. The van der Waals surface area contributed by atoms with Crippen molar-refractivity contribution >= 4 is 44.1 Å². The number of aromatic amines is 1. The summed E-state index contributed by atoms with van der Waals surface area (Å²) in [5.74, 6) is 0.0534. The minimum atomic E-state index is -4.08. The number of nitrogen functional groups attached to an aromatic ring is 1. The number of aromatic nitrogens is 3. The SMILES string of the molecule is Cc1cc2[nH]cnc2c(C)c1OCC(=O)NC(Cc1ccccc1)C(O)CN(CC(C)C)S(=O)(=O)c1ccc2nc(N)oc2c1. The first kappa shape index (κ1) is 31.9. The Morgan fingerprint density at radius 2 is 1.89 bits per heavy atom. The number of aliphatic hydroxyl groups is 1. The average Bonchev–Trinajstić information content (AvgIpc) is 3.61. The number of carbonyl (C=O) groups excluding carboxylic acids is 1. The molecule has 0 saturated heterocycles. The van der Waals surface area contributed by atoms with Crippen LogP contribution in [0.4, 0.5) is 6.01 Å². The Balaban J connectivity index is 1.36. The molecule has 2 atom stereocenters. The highest BCUT2D eigenvalue weighted by molar-refractivity contribution is 7.89. The van der Waals surface area contributed by atoms with Crippen molar-refractivity contribution in [1.82, 2.24) is 24.6 Å². The second-order valence-electron chi connectivity index (χ2n) is 11.6. The Hall–Kier alpha value is -4.46. The Bertz CT molecular complexity index is 1900. The number of hydrogen-bond acceptors (Lipinski definition) is 9. The highest BCUT2D eigenvalue weighted by Gasteiger charge is 2.32. The summed E-state index contributed by atoms with van der Waals surface area (Å²) >= 11 is 0. The van der Waals surface area contributed by atoms with E-state index in [4.69, 9.17) is 14.9 Å². The van der Waals surface area contributed by atoms with Gasteiger partial charge in [0.1, 0.15) is 11.3 Å². The Labute approximate surface area is 261 Å². The van der Waals surface area contributed by atoms with Gasteiger partial charge in [-0.3, -0.25) is 4.79 Å². The molecule has 2 unspecified atom stereocenters. The Morgan fingerprint density at radius 3 is 2.62 bits per heavy atom. The number of fused-ring (bicyclic) bond motifs is 2. The molecule has 45 heavy (non-hydrogen) atoms. The first-order chi connectivity index (χ1) is 21.4. The second kappa shape index (κ2) is 13.3. The summed E-state index contributed by atoms with van der Waals surface area (Å²) in [5, 5.41) is 14.4. The van der Waals surface area contributed by atoms with Crippen LogP contribution in [0, 0.1) is 19.8 Å². The molecule has 0 spiro atoms. The van der Waals surface area contributed by atoms with E-state index in [1.165, 1.54) is 22.5 Å². The fraction of sp³-hybridized carbons (Fsp3) is 0.344. The molecule has 0 aliphatic carbocycles. The molecule has 5 aromatic rings. The summed E-state index contributed by atoms with van der Waals surface area (Å²) < 4.78 is 40.2. The lowest BCUT2D eigenvalue weighted by Crippen LogP contribution is -2.52. The molecular weight excluding hydrogens is 596 g/mol. The largest absolute Gasteiger partial charge is 0.483 e. The maximum absolute atomic E-state index is 13.9. The number of aryl methyl sites for hydroxylation is 2. The van der Waals surface area contributed by atoms with Gasteiger partial charge < -0.3 is 30.3 Å². The lowest BCUT2D eigenvalue weighted by molar-refractivity contribution is -0.124. The average molecular weight is 635 g/mol. The minimum Gasteiger partial charge on any atom is -0.483 e. The van der Waals surface area contributed by atoms with Crippen molar-refractivity contribution in [1.29, 1.82) is 0 Å². The number of hydrogen-bond donors (Lipinski definition) is 4. The van der Waals surface area contributed by atoms with Crippen molar-refractivity contribution in [2.45, 2.75) is 51.2 Å². The third kappa shape index (κ3) is 7.27. The summed E-state index contributed by atoms with van der Waals surface area (Å²) in [6, 6.07) is 14.7. The van der Waals surface area contributed by atoms with Crippen LogP contribution in [0.3, 0.4) is 0 Å². The number of H-pyrrole nitrogens is 1. The molecule has 2 aromatic heterocycles. The molecule has 5 rings (SSSR count). The number of nitrogens with one attached hydrogen (secondary N) is 2. The number of imidazole rings is 1. The summed E-state index contributed by atoms with van der Waals surface area (Å²) in [5.41, 5.74) is 10.5. The van der Waals surface area contributed by atoms with Gasteiger partial charge in [-0.05, 0) is 55.5 Å². The maximum Gasteiger partial charge on any atom is 0.292 e. The molecule has 0 saturated carbocycles. The van der Waals surface area contributed by atoms with Crippen LogP contribution in [0.1, 0.15) is 30.5 Å². The summed E-state index contributed by atoms with van der Waals surface area (Å²) in [6.45, 7) is 7.12. The van der Waals surface area contributed by atoms with E-state index < -0.39 is 28.1 Å². The van der Waals surface area contributed by atoms with E-state index in [1.54, 1.807) is 6.33 Å². The molecule has 0 aliphatic heterocycles. The normalized spacial score (nSPS) is 13.5. The smallest absolute Gasteiger partial charge is 0.292 e. The number of nitrogens with zero attached hydrogens (tertiary/aromatic N) is 3. The number of nitrogens with two attached hydrogens (primary N) is 1. The molecular formula is C32H38N6O6S. The molecule has 0 aliphatic rings. The van der Waals surface area contributed by atoms with Gasteiger partial charge in [-0.25, -0.2) is 13.4 Å². The molecule has 3 aromatic carbocycles. The van der Waals surface area contributed by atoms with Gasteiger partial charge in [-0.2, -0.15) is 9.29 Å². The molecule has 0 radical (unpaired) electrons. The number of benzene rings is 3. The van der Waals surface area contributed by atoms with Crippen molar-refractivity contribution in [3.8, 4) is 5.75 Å². The van der Waals surface area contributed by atoms with Crippen molar-refractivity contribution in [3.63, 3.8) is 0 Å². The molecule has 12 nitrogen and oxygen atoms in total. The van der Waals surface area contributed by atoms with Gasteiger partial charge in [-0.15, -0.1) is 0 Å². The van der Waals surface area contributed by atoms with Crippen LogP contribution in [-0.4, -0.2) is 70.5 Å². The van der Waals surface area contributed by atoms with E-state index in [-0.39, 0.29) is 48.5 Å². The van der Waals surface area contributed by atoms with E-state index in [9.17, 15) is 18.3 Å². The highest BCUT2D eigenvalue weighted by atomic mass is 32.2. The first-order valence-corrected chi connectivity index (χ1v) is 16.1. The van der Waals surface area contributed by atoms with Crippen molar-refractivity contribution in [2.24, 2.45) is 5.92 Å². The third-order valence-electron chi connectivity index (χ3n) is 7.51. The van der Waals surface area contributed by atoms with E-state index in [2.05, 4.69) is 20.3 Å². The highest BCUT2D eigenvalue weighted by Crippen LogP contribution is 2.29. The number of rotatable bonds is 13. The predicted molar refractivity (Wildman–Crippen MR) is 171 cm³/mol. The zero-order chi connectivity index (χ0) is 32.3. The number of carbonyl (C=O) groups is 1. The van der Waals surface area contributed by atoms with Crippen LogP contribution in [0.25, 0.3) is 22.1 Å². The minimum absolute atomic E-state index is 0.0179. The molecule has 238 valence electrons. The quantitative estimate of drug-likeness (QED) is 0.150. The Kier molecular flexibility index (Phi) is 9.42. The molecule has 0 bridgehead atoms. The van der Waals surface area contributed by atoms with E-state index in [1.807, 2.05) is 64.1 Å². The first-order valence-electron chi connectivity index (χ1n) is 14.7. The van der Waals surface area contributed by atoms with Crippen molar-refractivity contribution in [2.75, 3.05) is 25.4 Å². The monoisotopic (exact) mass is 634 g/mol. The van der Waals surface area contributed by atoms with Gasteiger partial charge in [0.15, 0.2) is 12.2 Å². The number of aliphatic hydroxyl groups excluding tert-OH is 1. The number of amides is 1. The van der Waals surface area contributed by atoms with Crippen molar-refractivity contribution < 1.29 is 27.5 Å². The summed E-state index contributed by atoms with van der Waals surface area (Å²) in [6.07, 6.45) is 0.620. The molecule has 1 amide bonds. The zero-order valence-electron chi connectivity index (χ0n) is 25.6. The van der Waals surface area contributed by atoms with E-state index >= 15 is 0 Å². The van der Waals surface area contributed by atoms with Gasteiger partial charge >= 0.3 is 0 Å². The lowest BCUT2D eigenvalue weighted by atomic mass is 10.0. The Morgan fingerprint density at radius 1 is 1.13 bits per heavy atom. The predicted octanol–water partition coefficient (Wildman–Crippen LogP) is 3.72. The van der Waals surface area contributed by atoms with Crippen LogP contribution in [-0.2, 0) is 21.2 Å². The van der Waals surface area contributed by atoms with E-state index in [0.29, 0.717) is 11.3 Å². The van der Waals surface area contributed by atoms with Crippen LogP contribution in [0.15, 0.2) is 70.2 Å². The van der Waals surface area contributed by atoms with Crippen LogP contribution >= 0.6 is 0 Å². The van der Waals surface area contributed by atoms with Gasteiger partial charge in [0.2, 0.25) is 10.0 Å². The standard InChI is InChI=1S/C32H38N6O6S/c1-19(2)15-38(45(41,42)23-10-11-24-28(14-23)44-32(33)37-24)16-27(39)25(13-22-8-6-5-7-9-22)36-29(40)17-43-31-20(3)12-26-30(21(31)4)35-18-34-26/h5-12,14,18-19,25,27,39H,13,15-17H2,1-4H3,(H2,33,37)(H,34,35)(H,36,40). The van der Waals surface area contributed by atoms with E-state index in [0.717, 1.165) is 27.7 Å². The van der Waals surface area contributed by atoms with Gasteiger partial charge in [0, 0.05) is 24.7 Å². The van der Waals surface area contributed by atoms with Gasteiger partial charge in [0.05, 0.1) is 34.4 Å². The molecule has 13 heteroatoms. The second-order valence-corrected chi connectivity index (χ2v) is 13.5.